The summed E-state index contributed by atoms with van der Waals surface area (Å²) >= 11 is 0. The zero-order chi connectivity index (χ0) is 15.3. The van der Waals surface area contributed by atoms with Gasteiger partial charge < -0.3 is 4.57 Å². The van der Waals surface area contributed by atoms with Crippen molar-refractivity contribution in [2.24, 2.45) is 5.41 Å². The lowest BCUT2D eigenvalue weighted by Crippen LogP contribution is -2.39. The molecule has 1 aliphatic rings. The van der Waals surface area contributed by atoms with Crippen LogP contribution in [-0.2, 0) is 9.36 Å². The summed E-state index contributed by atoms with van der Waals surface area (Å²) in [6.45, 7) is 3.40. The first-order valence-electron chi connectivity index (χ1n) is 7.53. The number of carbonyl (C=O) groups excluding carboxylic acids is 1. The molecule has 0 aliphatic heterocycles. The van der Waals surface area contributed by atoms with Gasteiger partial charge in [0.25, 0.3) is 0 Å². The predicted octanol–water partition coefficient (Wildman–Crippen LogP) is 4.18. The summed E-state index contributed by atoms with van der Waals surface area (Å²) in [5.41, 5.74) is 0.783. The van der Waals surface area contributed by atoms with Crippen LogP contribution in [0.1, 0.15) is 37.7 Å². The maximum Gasteiger partial charge on any atom is 0.146 e. The monoisotopic (exact) mass is 302 g/mol. The second-order valence-corrected chi connectivity index (χ2v) is 9.92. The number of benzene rings is 1. The van der Waals surface area contributed by atoms with Gasteiger partial charge in [0.05, 0.1) is 13.3 Å². The molecule has 2 rings (SSSR count). The highest BCUT2D eigenvalue weighted by molar-refractivity contribution is 7.63. The van der Waals surface area contributed by atoms with Gasteiger partial charge in [0.1, 0.15) is 5.78 Å². The van der Waals surface area contributed by atoms with Crippen molar-refractivity contribution in [2.45, 2.75) is 32.1 Å². The molecule has 0 heterocycles. The molecular formula is C18H23O2P. The van der Waals surface area contributed by atoms with Crippen molar-refractivity contribution in [3.8, 4) is 11.8 Å². The normalized spacial score (nSPS) is 16.5. The van der Waals surface area contributed by atoms with E-state index in [0.29, 0.717) is 0 Å². The Labute approximate surface area is 127 Å². The lowest BCUT2D eigenvalue weighted by Gasteiger charge is -2.40. The number of rotatable bonds is 5. The summed E-state index contributed by atoms with van der Waals surface area (Å²) in [5, 5.41) is 0. The molecule has 0 N–H and O–H groups in total. The van der Waals surface area contributed by atoms with Crippen LogP contribution in [0.25, 0.3) is 0 Å². The van der Waals surface area contributed by atoms with Crippen LogP contribution >= 0.6 is 7.14 Å². The van der Waals surface area contributed by atoms with Gasteiger partial charge in [-0.2, -0.15) is 0 Å². The van der Waals surface area contributed by atoms with Crippen molar-refractivity contribution in [3.05, 3.63) is 35.9 Å². The molecule has 21 heavy (non-hydrogen) atoms. The molecule has 1 aliphatic carbocycles. The lowest BCUT2D eigenvalue weighted by atomic mass is 9.64. The fourth-order valence-electron chi connectivity index (χ4n) is 2.77. The Hall–Kier alpha value is -1.32. The van der Waals surface area contributed by atoms with Gasteiger partial charge in [-0.15, -0.1) is 0 Å². The van der Waals surface area contributed by atoms with Gasteiger partial charge in [0.2, 0.25) is 0 Å². The van der Waals surface area contributed by atoms with E-state index in [2.05, 4.69) is 11.8 Å². The first-order chi connectivity index (χ1) is 9.91. The van der Waals surface area contributed by atoms with E-state index in [1.165, 1.54) is 0 Å². The van der Waals surface area contributed by atoms with Gasteiger partial charge in [0, 0.05) is 17.4 Å². The number of carbonyl (C=O) groups is 1. The van der Waals surface area contributed by atoms with Crippen LogP contribution in [0.4, 0.5) is 0 Å². The van der Waals surface area contributed by atoms with Crippen molar-refractivity contribution < 1.29 is 9.36 Å². The molecule has 2 nitrogen and oxygen atoms in total. The highest BCUT2D eigenvalue weighted by Crippen LogP contribution is 2.49. The second-order valence-electron chi connectivity index (χ2n) is 6.46. The average molecular weight is 302 g/mol. The van der Waals surface area contributed by atoms with E-state index in [0.717, 1.165) is 37.7 Å². The van der Waals surface area contributed by atoms with Gasteiger partial charge in [0.15, 0.2) is 0 Å². The van der Waals surface area contributed by atoms with Crippen molar-refractivity contribution in [2.75, 3.05) is 19.5 Å². The number of ketones is 1. The fourth-order valence-corrected chi connectivity index (χ4v) is 3.80. The van der Waals surface area contributed by atoms with Crippen LogP contribution in [0.3, 0.4) is 0 Å². The van der Waals surface area contributed by atoms with E-state index in [9.17, 15) is 9.36 Å². The molecule has 3 heteroatoms. The maximum absolute atomic E-state index is 12.4. The molecule has 1 fully saturated rings. The minimum Gasteiger partial charge on any atom is -0.324 e. The number of Topliss-reactive ketones (excluding diaryl/α,β-unsaturated/α-hetero) is 1. The predicted molar refractivity (Wildman–Crippen MR) is 88.2 cm³/mol. The standard InChI is InChI=1S/C18H23O2P/c1-21(2,20)15-17(19)18(13-8-14-18)12-7-6-11-16-9-4-3-5-10-16/h3-5,9-10H,7-8,12-15H2,1-2H3. The zero-order valence-corrected chi connectivity index (χ0v) is 13.8. The zero-order valence-electron chi connectivity index (χ0n) is 12.9. The van der Waals surface area contributed by atoms with E-state index in [-0.39, 0.29) is 17.4 Å². The minimum atomic E-state index is -2.27. The van der Waals surface area contributed by atoms with Crippen LogP contribution < -0.4 is 0 Å². The molecule has 1 aromatic rings. The summed E-state index contributed by atoms with van der Waals surface area (Å²) in [6.07, 6.45) is 4.79. The molecular weight excluding hydrogens is 279 g/mol. The van der Waals surface area contributed by atoms with Gasteiger partial charge in [-0.25, -0.2) is 0 Å². The summed E-state index contributed by atoms with van der Waals surface area (Å²) in [5.74, 6) is 6.51. The minimum absolute atomic E-state index is 0.198. The average Bonchev–Trinajstić information content (AvgIpc) is 2.36. The molecule has 0 amide bonds. The van der Waals surface area contributed by atoms with Crippen LogP contribution in [0, 0.1) is 17.3 Å². The molecule has 0 atom stereocenters. The first-order valence-corrected chi connectivity index (χ1v) is 10.3. The van der Waals surface area contributed by atoms with Crippen molar-refractivity contribution in [1.29, 1.82) is 0 Å². The molecule has 1 aromatic carbocycles. The van der Waals surface area contributed by atoms with E-state index in [1.54, 1.807) is 13.3 Å². The lowest BCUT2D eigenvalue weighted by molar-refractivity contribution is -0.131. The molecule has 112 valence electrons. The third-order valence-corrected chi connectivity index (χ3v) is 5.21. The molecule has 0 unspecified atom stereocenters. The van der Waals surface area contributed by atoms with Crippen LogP contribution in [0.15, 0.2) is 30.3 Å². The van der Waals surface area contributed by atoms with Gasteiger partial charge in [-0.05, 0) is 44.7 Å². The number of hydrogen-bond donors (Lipinski definition) is 0. The van der Waals surface area contributed by atoms with Crippen LogP contribution in [0.5, 0.6) is 0 Å². The highest BCUT2D eigenvalue weighted by Gasteiger charge is 2.43. The summed E-state index contributed by atoms with van der Waals surface area (Å²) in [7, 11) is -2.27. The molecule has 0 bridgehead atoms. The van der Waals surface area contributed by atoms with Crippen molar-refractivity contribution in [3.63, 3.8) is 0 Å². The molecule has 0 spiro atoms. The Morgan fingerprint density at radius 2 is 1.90 bits per heavy atom. The Morgan fingerprint density at radius 3 is 2.43 bits per heavy atom. The first kappa shape index (κ1) is 16.1. The molecule has 0 radical (unpaired) electrons. The van der Waals surface area contributed by atoms with E-state index in [1.807, 2.05) is 30.3 Å². The largest absolute Gasteiger partial charge is 0.324 e. The summed E-state index contributed by atoms with van der Waals surface area (Å²) in [4.78, 5) is 12.4. The summed E-state index contributed by atoms with van der Waals surface area (Å²) < 4.78 is 11.9. The second kappa shape index (κ2) is 6.63. The fraction of sp³-hybridized carbons (Fsp3) is 0.500. The quantitative estimate of drug-likeness (QED) is 0.604. The van der Waals surface area contributed by atoms with E-state index in [4.69, 9.17) is 0 Å². The third kappa shape index (κ3) is 4.58. The smallest absolute Gasteiger partial charge is 0.146 e. The molecule has 0 aromatic heterocycles. The Bertz CT molecular complexity index is 597. The maximum atomic E-state index is 12.4. The van der Waals surface area contributed by atoms with Crippen molar-refractivity contribution in [1.82, 2.24) is 0 Å². The number of hydrogen-bond acceptors (Lipinski definition) is 2. The Morgan fingerprint density at radius 1 is 1.24 bits per heavy atom. The van der Waals surface area contributed by atoms with Crippen molar-refractivity contribution >= 4 is 12.9 Å². The third-order valence-electron chi connectivity index (χ3n) is 4.16. The van der Waals surface area contributed by atoms with E-state index >= 15 is 0 Å². The Balaban J connectivity index is 1.93. The van der Waals surface area contributed by atoms with Crippen LogP contribution in [-0.4, -0.2) is 25.3 Å². The topological polar surface area (TPSA) is 34.1 Å². The van der Waals surface area contributed by atoms with E-state index < -0.39 is 7.14 Å². The van der Waals surface area contributed by atoms with Gasteiger partial charge in [-0.3, -0.25) is 4.79 Å². The highest BCUT2D eigenvalue weighted by atomic mass is 31.2. The molecule has 0 saturated heterocycles. The Kier molecular flexibility index (Phi) is 5.07. The van der Waals surface area contributed by atoms with Gasteiger partial charge >= 0.3 is 0 Å². The summed E-state index contributed by atoms with van der Waals surface area (Å²) in [6, 6.07) is 9.90. The SMILES string of the molecule is CP(C)(=O)CC(=O)C1(CCC#Cc2ccccc2)CCC1. The van der Waals surface area contributed by atoms with Gasteiger partial charge in [-0.1, -0.05) is 36.5 Å². The van der Waals surface area contributed by atoms with Crippen LogP contribution in [0.2, 0.25) is 0 Å². The molecule has 1 saturated carbocycles.